The minimum atomic E-state index is -0.964. The molecule has 1 aliphatic rings. The second-order valence-corrected chi connectivity index (χ2v) is 2.91. The number of rotatable bonds is 2. The Kier molecular flexibility index (Phi) is 2.14. The molecule has 0 unspecified atom stereocenters. The number of carbonyl (C=O) groups is 1. The Morgan fingerprint density at radius 2 is 2.43 bits per heavy atom. The number of hydrogen-bond donors (Lipinski definition) is 1. The molecule has 14 heavy (non-hydrogen) atoms. The molecule has 2 heterocycles. The molecule has 0 aromatic carbocycles. The van der Waals surface area contributed by atoms with Crippen molar-refractivity contribution in [1.82, 2.24) is 4.98 Å². The van der Waals surface area contributed by atoms with Gasteiger partial charge in [0.25, 0.3) is 0 Å². The monoisotopic (exact) mass is 191 g/mol. The highest BCUT2D eigenvalue weighted by Gasteiger charge is 2.16. The lowest BCUT2D eigenvalue weighted by atomic mass is 10.2. The maximum atomic E-state index is 10.9. The lowest BCUT2D eigenvalue weighted by Crippen LogP contribution is -2.21. The van der Waals surface area contributed by atoms with Crippen LogP contribution in [-0.2, 0) is 0 Å². The zero-order valence-electron chi connectivity index (χ0n) is 7.42. The standard InChI is InChI=1S/C9H9N3O2/c13-9(14)7-5-10-2-1-8(7)12-4-3-11-6-12/h1-2,5-6H,3-4H2,(H,13,14). The first-order chi connectivity index (χ1) is 6.79. The molecule has 1 N–H and O–H groups in total. The van der Waals surface area contributed by atoms with Gasteiger partial charge in [0.2, 0.25) is 0 Å². The van der Waals surface area contributed by atoms with Crippen LogP contribution in [0.1, 0.15) is 10.4 Å². The van der Waals surface area contributed by atoms with E-state index in [1.54, 1.807) is 18.6 Å². The van der Waals surface area contributed by atoms with Gasteiger partial charge < -0.3 is 10.0 Å². The molecule has 0 saturated heterocycles. The molecule has 5 nitrogen and oxygen atoms in total. The van der Waals surface area contributed by atoms with E-state index in [0.717, 1.165) is 6.54 Å². The number of hydrogen-bond acceptors (Lipinski definition) is 4. The smallest absolute Gasteiger partial charge is 0.339 e. The molecule has 0 spiro atoms. The number of aliphatic imine (C=N–C) groups is 1. The summed E-state index contributed by atoms with van der Waals surface area (Å²) in [6, 6.07) is 1.68. The molecule has 0 amide bonds. The highest BCUT2D eigenvalue weighted by molar-refractivity contribution is 5.97. The van der Waals surface area contributed by atoms with E-state index in [9.17, 15) is 4.79 Å². The van der Waals surface area contributed by atoms with Crippen molar-refractivity contribution < 1.29 is 9.90 Å². The molecule has 72 valence electrons. The van der Waals surface area contributed by atoms with Gasteiger partial charge in [-0.05, 0) is 6.07 Å². The van der Waals surface area contributed by atoms with E-state index in [0.29, 0.717) is 12.2 Å². The average Bonchev–Trinajstić information content (AvgIpc) is 2.70. The van der Waals surface area contributed by atoms with E-state index in [4.69, 9.17) is 5.11 Å². The van der Waals surface area contributed by atoms with Crippen LogP contribution in [0, 0.1) is 0 Å². The number of aromatic carboxylic acids is 1. The summed E-state index contributed by atoms with van der Waals surface area (Å²) in [4.78, 5) is 20.5. The van der Waals surface area contributed by atoms with Crippen LogP contribution in [0.2, 0.25) is 0 Å². The number of carboxylic acid groups (broad SMARTS) is 1. The maximum Gasteiger partial charge on any atom is 0.339 e. The molecule has 0 saturated carbocycles. The van der Waals surface area contributed by atoms with Crippen LogP contribution in [0.4, 0.5) is 5.69 Å². The van der Waals surface area contributed by atoms with Crippen LogP contribution in [0.25, 0.3) is 0 Å². The largest absolute Gasteiger partial charge is 0.478 e. The molecule has 0 atom stereocenters. The van der Waals surface area contributed by atoms with Gasteiger partial charge in [-0.3, -0.25) is 9.98 Å². The first kappa shape index (κ1) is 8.68. The van der Waals surface area contributed by atoms with E-state index in [-0.39, 0.29) is 5.56 Å². The summed E-state index contributed by atoms with van der Waals surface area (Å²) in [5.41, 5.74) is 0.856. The summed E-state index contributed by atoms with van der Waals surface area (Å²) in [7, 11) is 0. The number of carboxylic acids is 1. The van der Waals surface area contributed by atoms with Gasteiger partial charge in [0.15, 0.2) is 0 Å². The zero-order chi connectivity index (χ0) is 9.97. The summed E-state index contributed by atoms with van der Waals surface area (Å²) in [5, 5.41) is 8.91. The van der Waals surface area contributed by atoms with Crippen molar-refractivity contribution >= 4 is 18.0 Å². The molecular weight excluding hydrogens is 182 g/mol. The van der Waals surface area contributed by atoms with Gasteiger partial charge in [0, 0.05) is 18.9 Å². The predicted octanol–water partition coefficient (Wildman–Crippen LogP) is 0.628. The molecular formula is C9H9N3O2. The van der Waals surface area contributed by atoms with Crippen LogP contribution >= 0.6 is 0 Å². The number of nitrogens with zero attached hydrogens (tertiary/aromatic N) is 3. The van der Waals surface area contributed by atoms with Crippen LogP contribution in [-0.4, -0.2) is 35.5 Å². The fraction of sp³-hybridized carbons (Fsp3) is 0.222. The summed E-state index contributed by atoms with van der Waals surface area (Å²) in [6.07, 6.45) is 4.58. The molecule has 0 aliphatic carbocycles. The van der Waals surface area contributed by atoms with E-state index < -0.39 is 5.97 Å². The van der Waals surface area contributed by atoms with Crippen LogP contribution in [0.15, 0.2) is 23.5 Å². The van der Waals surface area contributed by atoms with Crippen molar-refractivity contribution in [3.8, 4) is 0 Å². The molecule has 5 heteroatoms. The van der Waals surface area contributed by atoms with Gasteiger partial charge in [-0.15, -0.1) is 0 Å². The first-order valence-corrected chi connectivity index (χ1v) is 4.23. The van der Waals surface area contributed by atoms with Crippen molar-refractivity contribution in [2.24, 2.45) is 4.99 Å². The van der Waals surface area contributed by atoms with Crippen molar-refractivity contribution in [3.05, 3.63) is 24.0 Å². The Bertz CT molecular complexity index is 389. The van der Waals surface area contributed by atoms with Crippen molar-refractivity contribution in [2.45, 2.75) is 0 Å². The third kappa shape index (κ3) is 1.44. The molecule has 0 radical (unpaired) electrons. The summed E-state index contributed by atoms with van der Waals surface area (Å²) in [5.74, 6) is -0.964. The van der Waals surface area contributed by atoms with E-state index in [1.165, 1.54) is 6.20 Å². The summed E-state index contributed by atoms with van der Waals surface area (Å²) >= 11 is 0. The Labute approximate surface area is 80.7 Å². The highest BCUT2D eigenvalue weighted by atomic mass is 16.4. The van der Waals surface area contributed by atoms with Crippen molar-refractivity contribution in [3.63, 3.8) is 0 Å². The van der Waals surface area contributed by atoms with Crippen molar-refractivity contribution in [1.29, 1.82) is 0 Å². The SMILES string of the molecule is O=C(O)c1cnccc1N1C=NCC1. The molecule has 0 bridgehead atoms. The Balaban J connectivity index is 2.40. The van der Waals surface area contributed by atoms with Gasteiger partial charge in [-0.1, -0.05) is 0 Å². The highest BCUT2D eigenvalue weighted by Crippen LogP contribution is 2.19. The minimum absolute atomic E-state index is 0.209. The van der Waals surface area contributed by atoms with Gasteiger partial charge in [-0.25, -0.2) is 4.79 Å². The lowest BCUT2D eigenvalue weighted by molar-refractivity contribution is 0.0697. The van der Waals surface area contributed by atoms with E-state index >= 15 is 0 Å². The fourth-order valence-electron chi connectivity index (χ4n) is 1.36. The van der Waals surface area contributed by atoms with Gasteiger partial charge in [0.05, 0.1) is 18.6 Å². The zero-order valence-corrected chi connectivity index (χ0v) is 7.42. The summed E-state index contributed by atoms with van der Waals surface area (Å²) < 4.78 is 0. The molecule has 1 aromatic rings. The molecule has 1 aliphatic heterocycles. The van der Waals surface area contributed by atoms with Gasteiger partial charge in [0.1, 0.15) is 5.56 Å². The first-order valence-electron chi connectivity index (χ1n) is 4.23. The fourth-order valence-corrected chi connectivity index (χ4v) is 1.36. The molecule has 2 rings (SSSR count). The summed E-state index contributed by atoms with van der Waals surface area (Å²) in [6.45, 7) is 1.44. The van der Waals surface area contributed by atoms with E-state index in [1.807, 2.05) is 4.90 Å². The second kappa shape index (κ2) is 3.45. The molecule has 1 aromatic heterocycles. The third-order valence-corrected chi connectivity index (χ3v) is 2.03. The quantitative estimate of drug-likeness (QED) is 0.744. The predicted molar refractivity (Wildman–Crippen MR) is 51.9 cm³/mol. The lowest BCUT2D eigenvalue weighted by Gasteiger charge is -2.15. The Hall–Kier alpha value is -1.91. The minimum Gasteiger partial charge on any atom is -0.478 e. The van der Waals surface area contributed by atoms with Crippen LogP contribution in [0.5, 0.6) is 0 Å². The van der Waals surface area contributed by atoms with E-state index in [2.05, 4.69) is 9.98 Å². The third-order valence-electron chi connectivity index (χ3n) is 2.03. The number of aromatic nitrogens is 1. The molecule has 0 fully saturated rings. The number of anilines is 1. The van der Waals surface area contributed by atoms with Crippen LogP contribution < -0.4 is 4.90 Å². The second-order valence-electron chi connectivity index (χ2n) is 2.91. The maximum absolute atomic E-state index is 10.9. The topological polar surface area (TPSA) is 65.8 Å². The van der Waals surface area contributed by atoms with Gasteiger partial charge >= 0.3 is 5.97 Å². The Morgan fingerprint density at radius 1 is 1.57 bits per heavy atom. The van der Waals surface area contributed by atoms with Crippen LogP contribution in [0.3, 0.4) is 0 Å². The normalized spacial score (nSPS) is 14.7. The number of pyridine rings is 1. The van der Waals surface area contributed by atoms with Crippen molar-refractivity contribution in [2.75, 3.05) is 18.0 Å². The van der Waals surface area contributed by atoms with Gasteiger partial charge in [-0.2, -0.15) is 0 Å². The average molecular weight is 191 g/mol. The Morgan fingerprint density at radius 3 is 3.07 bits per heavy atom.